The number of carbonyl (C=O) groups excluding carboxylic acids is 1. The summed E-state index contributed by atoms with van der Waals surface area (Å²) in [5.74, 6) is 0.757. The summed E-state index contributed by atoms with van der Waals surface area (Å²) in [6.07, 6.45) is 1.45. The second-order valence-electron chi connectivity index (χ2n) is 4.29. The number of nitrogens with two attached hydrogens (primary N) is 1. The smallest absolute Gasteiger partial charge is 0.232 e. The zero-order valence-electron chi connectivity index (χ0n) is 10.1. The number of aromatic nitrogens is 1. The number of carbonyl (C=O) groups is 1. The highest BCUT2D eigenvalue weighted by Gasteiger charge is 2.27. The lowest BCUT2D eigenvalue weighted by molar-refractivity contribution is -0.123. The third-order valence-electron chi connectivity index (χ3n) is 2.27. The van der Waals surface area contributed by atoms with E-state index in [4.69, 9.17) is 22.1 Å². The van der Waals surface area contributed by atoms with Crippen LogP contribution in [0.2, 0.25) is 0 Å². The van der Waals surface area contributed by atoms with Crippen molar-refractivity contribution in [1.29, 1.82) is 0 Å². The van der Waals surface area contributed by atoms with Gasteiger partial charge in [-0.25, -0.2) is 4.98 Å². The topological polar surface area (TPSA) is 77.2 Å². The summed E-state index contributed by atoms with van der Waals surface area (Å²) in [6, 6.07) is 1.59. The van der Waals surface area contributed by atoms with Gasteiger partial charge in [-0.2, -0.15) is 0 Å². The Balaban J connectivity index is 2.92. The molecule has 0 saturated heterocycles. The van der Waals surface area contributed by atoms with E-state index in [1.165, 1.54) is 13.3 Å². The fourth-order valence-electron chi connectivity index (χ4n) is 1.05. The summed E-state index contributed by atoms with van der Waals surface area (Å²) >= 11 is 5.72. The molecule has 1 aromatic heterocycles. The minimum Gasteiger partial charge on any atom is -0.493 e. The van der Waals surface area contributed by atoms with E-state index in [0.717, 1.165) is 0 Å². The summed E-state index contributed by atoms with van der Waals surface area (Å²) in [6.45, 7) is 3.50. The molecular weight excluding hydrogens is 242 g/mol. The molecule has 1 heterocycles. The predicted octanol–water partition coefficient (Wildman–Crippen LogP) is 1.88. The van der Waals surface area contributed by atoms with Gasteiger partial charge in [0.2, 0.25) is 5.91 Å². The lowest BCUT2D eigenvalue weighted by Crippen LogP contribution is -2.32. The van der Waals surface area contributed by atoms with Crippen molar-refractivity contribution < 1.29 is 9.53 Å². The Morgan fingerprint density at radius 2 is 2.29 bits per heavy atom. The molecule has 1 rings (SSSR count). The summed E-state index contributed by atoms with van der Waals surface area (Å²) in [4.78, 5) is 15.9. The van der Waals surface area contributed by atoms with E-state index >= 15 is 0 Å². The Bertz CT molecular complexity index is 421. The van der Waals surface area contributed by atoms with Crippen LogP contribution in [0.25, 0.3) is 0 Å². The number of pyridine rings is 1. The van der Waals surface area contributed by atoms with Gasteiger partial charge in [-0.1, -0.05) is 0 Å². The van der Waals surface area contributed by atoms with Crippen LogP contribution in [0, 0.1) is 5.41 Å². The van der Waals surface area contributed by atoms with E-state index in [1.54, 1.807) is 19.9 Å². The number of hydrogen-bond acceptors (Lipinski definition) is 4. The van der Waals surface area contributed by atoms with E-state index in [9.17, 15) is 4.79 Å². The van der Waals surface area contributed by atoms with Gasteiger partial charge < -0.3 is 15.8 Å². The molecular formula is C11H16ClN3O2. The third-order valence-corrected chi connectivity index (χ3v) is 2.94. The van der Waals surface area contributed by atoms with Gasteiger partial charge in [0.25, 0.3) is 0 Å². The maximum absolute atomic E-state index is 11.9. The van der Waals surface area contributed by atoms with Crippen LogP contribution in [-0.2, 0) is 4.79 Å². The number of rotatable bonds is 4. The normalized spacial score (nSPS) is 11.1. The van der Waals surface area contributed by atoms with Crippen LogP contribution < -0.4 is 15.8 Å². The Kier molecular flexibility index (Phi) is 4.17. The van der Waals surface area contributed by atoms with E-state index in [-0.39, 0.29) is 11.8 Å². The Morgan fingerprint density at radius 3 is 2.82 bits per heavy atom. The number of alkyl halides is 1. The molecule has 0 saturated carbocycles. The first kappa shape index (κ1) is 13.6. The standard InChI is InChI=1S/C11H16ClN3O2/c1-11(2,6-12)10(16)15-9-8(17-3)4-7(13)5-14-9/h4-5H,6,13H2,1-3H3,(H,14,15,16). The largest absolute Gasteiger partial charge is 0.493 e. The molecule has 0 fully saturated rings. The second kappa shape index (κ2) is 5.23. The molecule has 5 nitrogen and oxygen atoms in total. The van der Waals surface area contributed by atoms with Crippen molar-refractivity contribution in [2.24, 2.45) is 5.41 Å². The van der Waals surface area contributed by atoms with Gasteiger partial charge in [-0.3, -0.25) is 4.79 Å². The Hall–Kier alpha value is -1.49. The molecule has 0 atom stereocenters. The second-order valence-corrected chi connectivity index (χ2v) is 4.56. The summed E-state index contributed by atoms with van der Waals surface area (Å²) in [5.41, 5.74) is 5.37. The van der Waals surface area contributed by atoms with Gasteiger partial charge >= 0.3 is 0 Å². The van der Waals surface area contributed by atoms with Crippen LogP contribution in [-0.4, -0.2) is 23.9 Å². The molecule has 94 valence electrons. The van der Waals surface area contributed by atoms with Crippen LogP contribution in [0.4, 0.5) is 11.5 Å². The van der Waals surface area contributed by atoms with Crippen molar-refractivity contribution in [2.75, 3.05) is 24.0 Å². The van der Waals surface area contributed by atoms with E-state index in [1.807, 2.05) is 0 Å². The molecule has 0 unspecified atom stereocenters. The Morgan fingerprint density at radius 1 is 1.65 bits per heavy atom. The fourth-order valence-corrected chi connectivity index (χ4v) is 1.17. The highest BCUT2D eigenvalue weighted by Crippen LogP contribution is 2.26. The van der Waals surface area contributed by atoms with Crippen LogP contribution in [0.3, 0.4) is 0 Å². The van der Waals surface area contributed by atoms with Crippen molar-refractivity contribution in [3.8, 4) is 5.75 Å². The quantitative estimate of drug-likeness (QED) is 0.808. The van der Waals surface area contributed by atoms with Crippen LogP contribution in [0.5, 0.6) is 5.75 Å². The van der Waals surface area contributed by atoms with Gasteiger partial charge in [-0.15, -0.1) is 11.6 Å². The summed E-state index contributed by atoms with van der Waals surface area (Å²) < 4.78 is 5.08. The molecule has 0 radical (unpaired) electrons. The van der Waals surface area contributed by atoms with Gasteiger partial charge in [0.05, 0.1) is 24.4 Å². The first-order chi connectivity index (χ1) is 7.90. The molecule has 0 spiro atoms. The van der Waals surface area contributed by atoms with Gasteiger partial charge in [0.15, 0.2) is 11.6 Å². The summed E-state index contributed by atoms with van der Waals surface area (Å²) in [5, 5.41) is 2.66. The van der Waals surface area contributed by atoms with Crippen molar-refractivity contribution in [2.45, 2.75) is 13.8 Å². The molecule has 1 aromatic rings. The van der Waals surface area contributed by atoms with Crippen molar-refractivity contribution in [3.63, 3.8) is 0 Å². The average Bonchev–Trinajstić information content (AvgIpc) is 2.31. The minimum atomic E-state index is -0.671. The fraction of sp³-hybridized carbons (Fsp3) is 0.455. The van der Waals surface area contributed by atoms with Gasteiger partial charge in [-0.05, 0) is 13.8 Å². The van der Waals surface area contributed by atoms with Crippen molar-refractivity contribution in [1.82, 2.24) is 4.98 Å². The lowest BCUT2D eigenvalue weighted by Gasteiger charge is -2.20. The summed E-state index contributed by atoms with van der Waals surface area (Å²) in [7, 11) is 1.48. The molecule has 17 heavy (non-hydrogen) atoms. The molecule has 0 aliphatic heterocycles. The number of ether oxygens (including phenoxy) is 1. The number of nitrogens with one attached hydrogen (secondary N) is 1. The number of amides is 1. The third kappa shape index (κ3) is 3.23. The first-order valence-corrected chi connectivity index (χ1v) is 5.61. The van der Waals surface area contributed by atoms with Crippen molar-refractivity contribution in [3.05, 3.63) is 12.3 Å². The highest BCUT2D eigenvalue weighted by atomic mass is 35.5. The minimum absolute atomic E-state index is 0.218. The molecule has 0 aliphatic carbocycles. The van der Waals surface area contributed by atoms with Gasteiger partial charge in [0, 0.05) is 11.9 Å². The van der Waals surface area contributed by atoms with Crippen LogP contribution in [0.15, 0.2) is 12.3 Å². The molecule has 0 aliphatic rings. The number of anilines is 2. The maximum atomic E-state index is 11.9. The van der Waals surface area contributed by atoms with Crippen LogP contribution in [0.1, 0.15) is 13.8 Å². The Labute approximate surface area is 105 Å². The molecule has 0 aromatic carbocycles. The van der Waals surface area contributed by atoms with Crippen molar-refractivity contribution >= 4 is 29.0 Å². The molecule has 6 heteroatoms. The van der Waals surface area contributed by atoms with E-state index < -0.39 is 5.41 Å². The number of hydrogen-bond donors (Lipinski definition) is 2. The zero-order valence-corrected chi connectivity index (χ0v) is 10.8. The SMILES string of the molecule is COc1cc(N)cnc1NC(=O)C(C)(C)CCl. The van der Waals surface area contributed by atoms with Crippen LogP contribution >= 0.6 is 11.6 Å². The van der Waals surface area contributed by atoms with E-state index in [2.05, 4.69) is 10.3 Å². The monoisotopic (exact) mass is 257 g/mol. The lowest BCUT2D eigenvalue weighted by atomic mass is 9.95. The van der Waals surface area contributed by atoms with E-state index in [0.29, 0.717) is 17.3 Å². The zero-order chi connectivity index (χ0) is 13.1. The molecule has 1 amide bonds. The number of halogens is 1. The number of methoxy groups -OCH3 is 1. The average molecular weight is 258 g/mol. The highest BCUT2D eigenvalue weighted by molar-refractivity contribution is 6.20. The number of nitrogens with zero attached hydrogens (tertiary/aromatic N) is 1. The molecule has 0 bridgehead atoms. The first-order valence-electron chi connectivity index (χ1n) is 5.07. The molecule has 3 N–H and O–H groups in total. The van der Waals surface area contributed by atoms with Gasteiger partial charge in [0.1, 0.15) is 0 Å². The number of nitrogen functional groups attached to an aromatic ring is 1. The maximum Gasteiger partial charge on any atom is 0.232 e. The predicted molar refractivity (Wildman–Crippen MR) is 68.3 cm³/mol.